The minimum atomic E-state index is -0.711. The van der Waals surface area contributed by atoms with E-state index in [4.69, 9.17) is 9.47 Å². The lowest BCUT2D eigenvalue weighted by Gasteiger charge is -2.41. The molecule has 1 spiro atoms. The molecule has 0 radical (unpaired) electrons. The van der Waals surface area contributed by atoms with Gasteiger partial charge in [0.15, 0.2) is 0 Å². The average molecular weight is 326 g/mol. The monoisotopic (exact) mass is 326 g/mol. The van der Waals surface area contributed by atoms with E-state index in [1.54, 1.807) is 26.2 Å². The van der Waals surface area contributed by atoms with Crippen LogP contribution in [0.2, 0.25) is 0 Å². The second-order valence-corrected chi connectivity index (χ2v) is 6.66. The lowest BCUT2D eigenvalue weighted by molar-refractivity contribution is -0.139. The highest BCUT2D eigenvalue weighted by Crippen LogP contribution is 2.46. The standard InChI is InChI=1S/C20H22O4/c1-3-4-14-5-6-15(18(11-14)23-2)19-16(21)12-20(13-17(19)22)7-9-24-10-8-20/h5-6,11,19H,7-10,12-13H2,1-2H3. The quantitative estimate of drug-likeness (QED) is 0.619. The Kier molecular flexibility index (Phi) is 4.73. The van der Waals surface area contributed by atoms with Crippen LogP contribution in [0.1, 0.15) is 49.7 Å². The number of carbonyl (C=O) groups is 2. The predicted molar refractivity (Wildman–Crippen MR) is 90.0 cm³/mol. The molecule has 126 valence electrons. The van der Waals surface area contributed by atoms with Crippen molar-refractivity contribution >= 4 is 11.6 Å². The summed E-state index contributed by atoms with van der Waals surface area (Å²) in [7, 11) is 1.56. The van der Waals surface area contributed by atoms with Gasteiger partial charge >= 0.3 is 0 Å². The van der Waals surface area contributed by atoms with Crippen molar-refractivity contribution in [1.29, 1.82) is 0 Å². The zero-order valence-corrected chi connectivity index (χ0v) is 14.2. The lowest BCUT2D eigenvalue weighted by Crippen LogP contribution is -2.42. The molecular formula is C20H22O4. The molecule has 0 N–H and O–H groups in total. The molecule has 24 heavy (non-hydrogen) atoms. The molecule has 4 heteroatoms. The average Bonchev–Trinajstić information content (AvgIpc) is 2.56. The second kappa shape index (κ2) is 6.78. The third kappa shape index (κ3) is 3.09. The third-order valence-electron chi connectivity index (χ3n) is 5.11. The Morgan fingerprint density at radius 3 is 2.42 bits per heavy atom. The van der Waals surface area contributed by atoms with E-state index in [2.05, 4.69) is 11.8 Å². The largest absolute Gasteiger partial charge is 0.496 e. The summed E-state index contributed by atoms with van der Waals surface area (Å²) in [4.78, 5) is 25.6. The van der Waals surface area contributed by atoms with Crippen molar-refractivity contribution in [3.8, 4) is 17.6 Å². The molecule has 1 aromatic rings. The van der Waals surface area contributed by atoms with Gasteiger partial charge in [-0.25, -0.2) is 0 Å². The van der Waals surface area contributed by atoms with Crippen molar-refractivity contribution in [2.24, 2.45) is 5.41 Å². The fourth-order valence-corrected chi connectivity index (χ4v) is 3.86. The molecule has 1 aliphatic carbocycles. The van der Waals surface area contributed by atoms with Gasteiger partial charge in [-0.05, 0) is 37.3 Å². The van der Waals surface area contributed by atoms with Crippen LogP contribution in [-0.4, -0.2) is 31.9 Å². The SMILES string of the molecule is CC#Cc1ccc(C2C(=O)CC3(CCOCC3)CC2=O)c(OC)c1. The van der Waals surface area contributed by atoms with Gasteiger partial charge in [0.1, 0.15) is 23.2 Å². The smallest absolute Gasteiger partial charge is 0.148 e. The Bertz CT molecular complexity index is 697. The molecular weight excluding hydrogens is 304 g/mol. The van der Waals surface area contributed by atoms with Crippen LogP contribution in [0.3, 0.4) is 0 Å². The van der Waals surface area contributed by atoms with Crippen LogP contribution in [0.25, 0.3) is 0 Å². The van der Waals surface area contributed by atoms with Gasteiger partial charge in [0.2, 0.25) is 0 Å². The first-order valence-corrected chi connectivity index (χ1v) is 8.32. The predicted octanol–water partition coefficient (Wildman–Crippen LogP) is 2.88. The molecule has 1 aromatic carbocycles. The maximum absolute atomic E-state index is 12.8. The van der Waals surface area contributed by atoms with E-state index >= 15 is 0 Å². The maximum atomic E-state index is 12.8. The number of ether oxygens (including phenoxy) is 2. The molecule has 2 fully saturated rings. The number of ketones is 2. The fourth-order valence-electron chi connectivity index (χ4n) is 3.86. The number of Topliss-reactive ketones (excluding diaryl/α,β-unsaturated/α-hetero) is 2. The van der Waals surface area contributed by atoms with Crippen molar-refractivity contribution in [3.05, 3.63) is 29.3 Å². The maximum Gasteiger partial charge on any atom is 0.148 e. The van der Waals surface area contributed by atoms with Crippen LogP contribution in [0.5, 0.6) is 5.75 Å². The van der Waals surface area contributed by atoms with Gasteiger partial charge in [-0.15, -0.1) is 5.92 Å². The minimum Gasteiger partial charge on any atom is -0.496 e. The number of methoxy groups -OCH3 is 1. The first-order chi connectivity index (χ1) is 11.6. The summed E-state index contributed by atoms with van der Waals surface area (Å²) in [5.74, 6) is 5.66. The summed E-state index contributed by atoms with van der Waals surface area (Å²) in [5.41, 5.74) is 1.29. The van der Waals surface area contributed by atoms with E-state index < -0.39 is 5.92 Å². The first kappa shape index (κ1) is 16.7. The Labute approximate surface area is 142 Å². The highest BCUT2D eigenvalue weighted by molar-refractivity contribution is 6.10. The summed E-state index contributed by atoms with van der Waals surface area (Å²) < 4.78 is 10.8. The zero-order valence-electron chi connectivity index (χ0n) is 14.2. The van der Waals surface area contributed by atoms with Gasteiger partial charge in [0, 0.05) is 37.2 Å². The fraction of sp³-hybridized carbons (Fsp3) is 0.500. The molecule has 0 unspecified atom stereocenters. The van der Waals surface area contributed by atoms with E-state index in [9.17, 15) is 9.59 Å². The number of hydrogen-bond acceptors (Lipinski definition) is 4. The molecule has 1 saturated carbocycles. The van der Waals surface area contributed by atoms with E-state index in [0.29, 0.717) is 37.4 Å². The van der Waals surface area contributed by atoms with Gasteiger partial charge in [0.05, 0.1) is 7.11 Å². The molecule has 0 amide bonds. The molecule has 1 saturated heterocycles. The number of carbonyl (C=O) groups excluding carboxylic acids is 2. The van der Waals surface area contributed by atoms with Gasteiger partial charge in [-0.2, -0.15) is 0 Å². The first-order valence-electron chi connectivity index (χ1n) is 8.32. The Morgan fingerprint density at radius 1 is 1.17 bits per heavy atom. The summed E-state index contributed by atoms with van der Waals surface area (Å²) in [6.45, 7) is 3.04. The summed E-state index contributed by atoms with van der Waals surface area (Å²) in [6.07, 6.45) is 2.48. The number of rotatable bonds is 2. The highest BCUT2D eigenvalue weighted by atomic mass is 16.5. The topological polar surface area (TPSA) is 52.6 Å². The van der Waals surface area contributed by atoms with E-state index in [0.717, 1.165) is 18.4 Å². The summed E-state index contributed by atoms with van der Waals surface area (Å²) in [5, 5.41) is 0. The molecule has 2 aliphatic rings. The number of hydrogen-bond donors (Lipinski definition) is 0. The summed E-state index contributed by atoms with van der Waals surface area (Å²) in [6, 6.07) is 5.44. The van der Waals surface area contributed by atoms with Crippen molar-refractivity contribution in [3.63, 3.8) is 0 Å². The van der Waals surface area contributed by atoms with Crippen LogP contribution < -0.4 is 4.74 Å². The van der Waals surface area contributed by atoms with Crippen molar-refractivity contribution in [2.45, 2.75) is 38.5 Å². The molecule has 0 atom stereocenters. The van der Waals surface area contributed by atoms with E-state index in [-0.39, 0.29) is 17.0 Å². The van der Waals surface area contributed by atoms with Gasteiger partial charge in [-0.3, -0.25) is 9.59 Å². The van der Waals surface area contributed by atoms with Crippen molar-refractivity contribution in [1.82, 2.24) is 0 Å². The Balaban J connectivity index is 1.91. The normalized spacial score (nSPS) is 20.6. The molecule has 3 rings (SSSR count). The van der Waals surface area contributed by atoms with Crippen LogP contribution in [-0.2, 0) is 14.3 Å². The highest BCUT2D eigenvalue weighted by Gasteiger charge is 2.46. The molecule has 0 aromatic heterocycles. The Hall–Kier alpha value is -2.12. The van der Waals surface area contributed by atoms with Crippen LogP contribution in [0.4, 0.5) is 0 Å². The molecule has 0 bridgehead atoms. The van der Waals surface area contributed by atoms with Crippen LogP contribution in [0, 0.1) is 17.3 Å². The molecule has 1 aliphatic heterocycles. The number of benzene rings is 1. The van der Waals surface area contributed by atoms with Gasteiger partial charge < -0.3 is 9.47 Å². The van der Waals surface area contributed by atoms with Crippen molar-refractivity contribution < 1.29 is 19.1 Å². The van der Waals surface area contributed by atoms with Crippen molar-refractivity contribution in [2.75, 3.05) is 20.3 Å². The van der Waals surface area contributed by atoms with E-state index in [1.165, 1.54) is 0 Å². The second-order valence-electron chi connectivity index (χ2n) is 6.66. The van der Waals surface area contributed by atoms with Gasteiger partial charge in [0.25, 0.3) is 0 Å². The molecule has 1 heterocycles. The zero-order chi connectivity index (χ0) is 17.2. The van der Waals surface area contributed by atoms with Crippen LogP contribution in [0.15, 0.2) is 18.2 Å². The summed E-state index contributed by atoms with van der Waals surface area (Å²) >= 11 is 0. The Morgan fingerprint density at radius 2 is 1.83 bits per heavy atom. The third-order valence-corrected chi connectivity index (χ3v) is 5.11. The van der Waals surface area contributed by atoms with E-state index in [1.807, 2.05) is 6.07 Å². The lowest BCUT2D eigenvalue weighted by atomic mass is 9.64. The molecule has 4 nitrogen and oxygen atoms in total. The van der Waals surface area contributed by atoms with Crippen LogP contribution >= 0.6 is 0 Å². The van der Waals surface area contributed by atoms with Gasteiger partial charge in [-0.1, -0.05) is 12.0 Å². The minimum absolute atomic E-state index is 0.000718.